The smallest absolute Gasteiger partial charge is 0.338 e. The highest BCUT2D eigenvalue weighted by Gasteiger charge is 2.20. The Morgan fingerprint density at radius 1 is 1.14 bits per heavy atom. The fourth-order valence-electron chi connectivity index (χ4n) is 3.30. The second kappa shape index (κ2) is 7.97. The molecule has 2 aromatic carbocycles. The van der Waals surface area contributed by atoms with Gasteiger partial charge in [0.15, 0.2) is 0 Å². The molecule has 0 N–H and O–H groups in total. The van der Waals surface area contributed by atoms with Gasteiger partial charge in [-0.3, -0.25) is 0 Å². The summed E-state index contributed by atoms with van der Waals surface area (Å²) >= 11 is 0. The predicted octanol–water partition coefficient (Wildman–Crippen LogP) is 5.40. The fourth-order valence-corrected chi connectivity index (χ4v) is 3.30. The summed E-state index contributed by atoms with van der Waals surface area (Å²) in [7, 11) is 0. The number of ether oxygens (including phenoxy) is 2. The molecule has 1 aliphatic carbocycles. The van der Waals surface area contributed by atoms with Crippen molar-refractivity contribution in [3.8, 4) is 17.0 Å². The van der Waals surface area contributed by atoms with Crippen molar-refractivity contribution in [2.24, 2.45) is 5.92 Å². The molecule has 0 radical (unpaired) electrons. The van der Waals surface area contributed by atoms with Gasteiger partial charge in [0.05, 0.1) is 30.0 Å². The monoisotopic (exact) mass is 379 g/mol. The van der Waals surface area contributed by atoms with Gasteiger partial charge in [-0.1, -0.05) is 6.42 Å². The van der Waals surface area contributed by atoms with Crippen LogP contribution in [-0.4, -0.2) is 24.2 Å². The Hall–Kier alpha value is -2.95. The summed E-state index contributed by atoms with van der Waals surface area (Å²) in [6.07, 6.45) is 3.49. The molecule has 3 aromatic rings. The van der Waals surface area contributed by atoms with Crippen molar-refractivity contribution in [1.82, 2.24) is 4.98 Å². The van der Waals surface area contributed by atoms with Gasteiger partial charge in [0.1, 0.15) is 11.6 Å². The van der Waals surface area contributed by atoms with E-state index >= 15 is 0 Å². The lowest BCUT2D eigenvalue weighted by Gasteiger charge is -2.24. The summed E-state index contributed by atoms with van der Waals surface area (Å²) in [4.78, 5) is 17.1. The third kappa shape index (κ3) is 3.84. The molecule has 0 aliphatic heterocycles. The van der Waals surface area contributed by atoms with Gasteiger partial charge in [-0.2, -0.15) is 0 Å². The number of esters is 1. The number of aromatic nitrogens is 1. The molecule has 0 unspecified atom stereocenters. The van der Waals surface area contributed by atoms with Gasteiger partial charge in [-0.25, -0.2) is 14.2 Å². The van der Waals surface area contributed by atoms with Gasteiger partial charge in [-0.15, -0.1) is 0 Å². The molecule has 0 saturated heterocycles. The van der Waals surface area contributed by atoms with Crippen molar-refractivity contribution >= 4 is 16.9 Å². The number of rotatable bonds is 6. The topological polar surface area (TPSA) is 48.4 Å². The van der Waals surface area contributed by atoms with Crippen LogP contribution in [0.3, 0.4) is 0 Å². The summed E-state index contributed by atoms with van der Waals surface area (Å²) in [6.45, 7) is 2.87. The molecule has 1 fully saturated rings. The van der Waals surface area contributed by atoms with Crippen LogP contribution in [0.1, 0.15) is 36.5 Å². The molecule has 1 aliphatic rings. The molecule has 1 aromatic heterocycles. The highest BCUT2D eigenvalue weighted by molar-refractivity contribution is 5.97. The second-order valence-corrected chi connectivity index (χ2v) is 7.07. The van der Waals surface area contributed by atoms with Gasteiger partial charge in [0.2, 0.25) is 0 Å². The Morgan fingerprint density at radius 2 is 1.93 bits per heavy atom. The molecule has 5 heteroatoms. The van der Waals surface area contributed by atoms with E-state index in [1.54, 1.807) is 30.3 Å². The molecular formula is C23H22FNO3. The summed E-state index contributed by atoms with van der Waals surface area (Å²) in [6, 6.07) is 13.3. The molecule has 1 heterocycles. The van der Waals surface area contributed by atoms with Gasteiger partial charge >= 0.3 is 5.97 Å². The highest BCUT2D eigenvalue weighted by atomic mass is 19.1. The summed E-state index contributed by atoms with van der Waals surface area (Å²) in [5.74, 6) is 0.530. The molecular weight excluding hydrogens is 357 g/mol. The number of benzene rings is 2. The van der Waals surface area contributed by atoms with E-state index in [2.05, 4.69) is 4.98 Å². The Balaban J connectivity index is 1.67. The molecule has 144 valence electrons. The normalized spacial score (nSPS) is 13.9. The summed E-state index contributed by atoms with van der Waals surface area (Å²) in [5, 5.41) is 0.755. The standard InChI is InChI=1S/C23H22FNO3/c1-2-27-22-13-21(16-6-9-18(24)10-7-16)25-20-11-8-17(12-19(20)22)23(26)28-14-15-4-3-5-15/h6-13,15H,2-5,14H2,1H3. The molecule has 28 heavy (non-hydrogen) atoms. The lowest BCUT2D eigenvalue weighted by molar-refractivity contribution is 0.0371. The van der Waals surface area contributed by atoms with Gasteiger partial charge in [0, 0.05) is 17.0 Å². The Bertz CT molecular complexity index is 997. The zero-order chi connectivity index (χ0) is 19.5. The van der Waals surface area contributed by atoms with Gasteiger partial charge < -0.3 is 9.47 Å². The van der Waals surface area contributed by atoms with E-state index in [1.165, 1.54) is 18.6 Å². The van der Waals surface area contributed by atoms with Crippen molar-refractivity contribution in [3.63, 3.8) is 0 Å². The molecule has 0 atom stereocenters. The minimum absolute atomic E-state index is 0.292. The maximum atomic E-state index is 13.2. The minimum atomic E-state index is -0.321. The Labute approximate surface area is 163 Å². The van der Waals surface area contributed by atoms with Crippen molar-refractivity contribution < 1.29 is 18.7 Å². The third-order valence-corrected chi connectivity index (χ3v) is 5.12. The van der Waals surface area contributed by atoms with E-state index in [0.717, 1.165) is 23.8 Å². The van der Waals surface area contributed by atoms with Crippen LogP contribution in [0, 0.1) is 11.7 Å². The quantitative estimate of drug-likeness (QED) is 0.538. The Morgan fingerprint density at radius 3 is 2.61 bits per heavy atom. The maximum Gasteiger partial charge on any atom is 0.338 e. The van der Waals surface area contributed by atoms with Crippen LogP contribution in [0.25, 0.3) is 22.2 Å². The van der Waals surface area contributed by atoms with E-state index in [-0.39, 0.29) is 11.8 Å². The van der Waals surface area contributed by atoms with Crippen LogP contribution >= 0.6 is 0 Å². The third-order valence-electron chi connectivity index (χ3n) is 5.12. The van der Waals surface area contributed by atoms with E-state index in [0.29, 0.717) is 41.7 Å². The SMILES string of the molecule is CCOc1cc(-c2ccc(F)cc2)nc2ccc(C(=O)OCC3CCC3)cc12. The number of hydrogen-bond acceptors (Lipinski definition) is 4. The fraction of sp³-hybridized carbons (Fsp3) is 0.304. The van der Waals surface area contributed by atoms with Crippen LogP contribution < -0.4 is 4.74 Å². The number of carbonyl (C=O) groups excluding carboxylic acids is 1. The number of fused-ring (bicyclic) bond motifs is 1. The van der Waals surface area contributed by atoms with Crippen molar-refractivity contribution in [1.29, 1.82) is 0 Å². The van der Waals surface area contributed by atoms with Crippen LogP contribution in [-0.2, 0) is 4.74 Å². The Kier molecular flexibility index (Phi) is 5.24. The molecule has 4 rings (SSSR count). The van der Waals surface area contributed by atoms with Gasteiger partial charge in [0.25, 0.3) is 0 Å². The first kappa shape index (κ1) is 18.4. The number of halogens is 1. The number of nitrogens with zero attached hydrogens (tertiary/aromatic N) is 1. The maximum absolute atomic E-state index is 13.2. The first-order valence-electron chi connectivity index (χ1n) is 9.64. The van der Waals surface area contributed by atoms with Crippen molar-refractivity contribution in [3.05, 3.63) is 59.9 Å². The number of pyridine rings is 1. The average Bonchev–Trinajstić information content (AvgIpc) is 2.67. The first-order valence-corrected chi connectivity index (χ1v) is 9.64. The first-order chi connectivity index (χ1) is 13.6. The molecule has 0 spiro atoms. The number of hydrogen-bond donors (Lipinski definition) is 0. The van der Waals surface area contributed by atoms with Crippen LogP contribution in [0.2, 0.25) is 0 Å². The molecule has 0 bridgehead atoms. The largest absolute Gasteiger partial charge is 0.493 e. The van der Waals surface area contributed by atoms with Crippen LogP contribution in [0.15, 0.2) is 48.5 Å². The van der Waals surface area contributed by atoms with Gasteiger partial charge in [-0.05, 0) is 68.1 Å². The van der Waals surface area contributed by atoms with Crippen molar-refractivity contribution in [2.45, 2.75) is 26.2 Å². The summed E-state index contributed by atoms with van der Waals surface area (Å²) in [5.41, 5.74) is 2.69. The molecule has 1 saturated carbocycles. The number of carbonyl (C=O) groups is 1. The van der Waals surface area contributed by atoms with Crippen LogP contribution in [0.5, 0.6) is 5.75 Å². The van der Waals surface area contributed by atoms with E-state index in [1.807, 2.05) is 13.0 Å². The zero-order valence-corrected chi connectivity index (χ0v) is 15.8. The van der Waals surface area contributed by atoms with E-state index < -0.39 is 0 Å². The molecule has 4 nitrogen and oxygen atoms in total. The second-order valence-electron chi connectivity index (χ2n) is 7.07. The predicted molar refractivity (Wildman–Crippen MR) is 106 cm³/mol. The minimum Gasteiger partial charge on any atom is -0.493 e. The lowest BCUT2D eigenvalue weighted by atomic mass is 9.86. The zero-order valence-electron chi connectivity index (χ0n) is 15.8. The summed E-state index contributed by atoms with van der Waals surface area (Å²) < 4.78 is 24.5. The van der Waals surface area contributed by atoms with Crippen molar-refractivity contribution in [2.75, 3.05) is 13.2 Å². The van der Waals surface area contributed by atoms with E-state index in [4.69, 9.17) is 9.47 Å². The molecule has 0 amide bonds. The average molecular weight is 379 g/mol. The highest BCUT2D eigenvalue weighted by Crippen LogP contribution is 2.31. The van der Waals surface area contributed by atoms with Crippen LogP contribution in [0.4, 0.5) is 4.39 Å². The van der Waals surface area contributed by atoms with E-state index in [9.17, 15) is 9.18 Å². The lowest BCUT2D eigenvalue weighted by Crippen LogP contribution is -2.20.